The zero-order chi connectivity index (χ0) is 26.1. The summed E-state index contributed by atoms with van der Waals surface area (Å²) in [5, 5.41) is 27.1. The van der Waals surface area contributed by atoms with Crippen LogP contribution in [0.2, 0.25) is 0 Å². The molecule has 3 N–H and O–H groups in total. The lowest BCUT2D eigenvalue weighted by atomic mass is 9.74. The third-order valence-corrected chi connectivity index (χ3v) is 7.98. The minimum absolute atomic E-state index is 0.00209. The number of Topliss-reactive ketones (excluding diaryl/α,β-unsaturated/α-hetero) is 1. The van der Waals surface area contributed by atoms with Crippen LogP contribution in [0.3, 0.4) is 0 Å². The molecule has 10 heteroatoms. The van der Waals surface area contributed by atoms with E-state index in [1.807, 2.05) is 25.3 Å². The average molecular weight is 513 g/mol. The number of halogens is 1. The Bertz CT molecular complexity index is 966. The molecule has 1 amide bonds. The Balaban J connectivity index is 1.85. The maximum Gasteiger partial charge on any atom is 0.238 e. The van der Waals surface area contributed by atoms with Gasteiger partial charge in [-0.25, -0.2) is 9.37 Å². The fourth-order valence-corrected chi connectivity index (χ4v) is 5.05. The summed E-state index contributed by atoms with van der Waals surface area (Å²) in [6.45, 7) is 10.0. The Kier molecular flexibility index (Phi) is 8.53. The number of aliphatic hydroxyl groups excluding tert-OH is 2. The summed E-state index contributed by atoms with van der Waals surface area (Å²) in [6, 6.07) is -0.549. The molecule has 196 valence electrons. The van der Waals surface area contributed by atoms with Gasteiger partial charge in [0.2, 0.25) is 11.8 Å². The van der Waals surface area contributed by atoms with E-state index in [4.69, 9.17) is 9.47 Å². The number of ketones is 1. The Morgan fingerprint density at radius 3 is 2.63 bits per heavy atom. The molecule has 0 radical (unpaired) electrons. The van der Waals surface area contributed by atoms with Crippen molar-refractivity contribution in [3.8, 4) is 0 Å². The number of ether oxygens (including phenoxy) is 2. The number of nitrogens with zero attached hydrogens (tertiary/aromatic N) is 1. The van der Waals surface area contributed by atoms with Gasteiger partial charge in [-0.15, -0.1) is 11.3 Å². The molecule has 3 heterocycles. The van der Waals surface area contributed by atoms with Gasteiger partial charge in [0, 0.05) is 24.1 Å². The number of carbonyl (C=O) groups is 2. The van der Waals surface area contributed by atoms with Crippen molar-refractivity contribution in [3.05, 3.63) is 21.7 Å². The lowest BCUT2D eigenvalue weighted by Crippen LogP contribution is -2.48. The smallest absolute Gasteiger partial charge is 0.238 e. The van der Waals surface area contributed by atoms with Gasteiger partial charge >= 0.3 is 0 Å². The molecule has 1 aromatic heterocycles. The quantitative estimate of drug-likeness (QED) is 0.521. The largest absolute Gasteiger partial charge is 0.392 e. The zero-order valence-corrected chi connectivity index (χ0v) is 22.0. The summed E-state index contributed by atoms with van der Waals surface area (Å²) < 4.78 is 26.1. The number of carbonyl (C=O) groups excluding carboxylic acids is 2. The van der Waals surface area contributed by atoms with Gasteiger partial charge in [-0.1, -0.05) is 20.8 Å². The minimum Gasteiger partial charge on any atom is -0.392 e. The highest BCUT2D eigenvalue weighted by molar-refractivity contribution is 7.09. The molecule has 8 nitrogen and oxygen atoms in total. The molecule has 0 spiro atoms. The summed E-state index contributed by atoms with van der Waals surface area (Å²) in [5.41, 5.74) is 0.242. The molecule has 1 aromatic rings. The summed E-state index contributed by atoms with van der Waals surface area (Å²) in [7, 11) is 0. The lowest BCUT2D eigenvalue weighted by Gasteiger charge is -2.34. The van der Waals surface area contributed by atoms with E-state index in [1.54, 1.807) is 27.7 Å². The molecule has 3 rings (SSSR count). The monoisotopic (exact) mass is 512 g/mol. The van der Waals surface area contributed by atoms with Gasteiger partial charge in [0.25, 0.3) is 0 Å². The summed E-state index contributed by atoms with van der Waals surface area (Å²) >= 11 is 1.50. The van der Waals surface area contributed by atoms with Crippen LogP contribution in [0.25, 0.3) is 6.08 Å². The van der Waals surface area contributed by atoms with Gasteiger partial charge in [-0.05, 0) is 32.4 Å². The lowest BCUT2D eigenvalue weighted by molar-refractivity contribution is -0.146. The number of nitrogens with one attached hydrogen (secondary N) is 1. The van der Waals surface area contributed by atoms with E-state index in [2.05, 4.69) is 10.3 Å². The predicted molar refractivity (Wildman–Crippen MR) is 130 cm³/mol. The van der Waals surface area contributed by atoms with Gasteiger partial charge in [-0.2, -0.15) is 0 Å². The van der Waals surface area contributed by atoms with Crippen molar-refractivity contribution in [2.75, 3.05) is 6.61 Å². The molecule has 2 fully saturated rings. The number of amides is 1. The van der Waals surface area contributed by atoms with Crippen LogP contribution >= 0.6 is 11.3 Å². The molecule has 0 aromatic carbocycles. The third-order valence-electron chi connectivity index (χ3n) is 7.19. The molecule has 2 aliphatic rings. The number of fused-ring (bicyclic) bond motifs is 1. The number of rotatable bonds is 2. The van der Waals surface area contributed by atoms with E-state index < -0.39 is 53.6 Å². The Hall–Kier alpha value is -1.72. The highest BCUT2D eigenvalue weighted by atomic mass is 32.1. The van der Waals surface area contributed by atoms with E-state index in [0.29, 0.717) is 0 Å². The van der Waals surface area contributed by atoms with Crippen LogP contribution in [-0.2, 0) is 19.1 Å². The van der Waals surface area contributed by atoms with E-state index in [1.165, 1.54) is 11.3 Å². The molecule has 0 saturated carbocycles. The van der Waals surface area contributed by atoms with E-state index >= 15 is 4.39 Å². The highest BCUT2D eigenvalue weighted by Crippen LogP contribution is 2.44. The maximum atomic E-state index is 15.1. The minimum atomic E-state index is -1.88. The predicted octanol–water partition coefficient (Wildman–Crippen LogP) is 2.95. The van der Waals surface area contributed by atoms with Crippen LogP contribution in [-0.4, -0.2) is 69.8 Å². The summed E-state index contributed by atoms with van der Waals surface area (Å²) in [6.07, 6.45) is -2.19. The molecular weight excluding hydrogens is 475 g/mol. The first-order valence-corrected chi connectivity index (χ1v) is 12.9. The first-order chi connectivity index (χ1) is 16.2. The standard InChI is InChI=1S/C25H37FN2O6S/c1-13(9-17-12-35-16(4)27-17)18-10-20-25(26,34-20)7-8-33-15(3)22(31)14(2)23(32)24(5,6)19(29)11-21(30)28-18/h9,12,14-15,18-20,22,29,31H,7-8,10-11H2,1-6H3,(H,28,30)/t14-,15+,18+,19+,20+,22+,25-/m1/s1. The Morgan fingerprint density at radius 1 is 1.31 bits per heavy atom. The number of hydrogen-bond acceptors (Lipinski definition) is 8. The van der Waals surface area contributed by atoms with Crippen LogP contribution < -0.4 is 5.32 Å². The number of epoxide rings is 1. The number of hydrogen-bond donors (Lipinski definition) is 3. The van der Waals surface area contributed by atoms with E-state index in [9.17, 15) is 19.8 Å². The molecule has 0 unspecified atom stereocenters. The highest BCUT2D eigenvalue weighted by Gasteiger charge is 2.58. The number of thiazole rings is 1. The zero-order valence-electron chi connectivity index (χ0n) is 21.2. The molecule has 35 heavy (non-hydrogen) atoms. The molecule has 2 saturated heterocycles. The van der Waals surface area contributed by atoms with Crippen molar-refractivity contribution < 1.29 is 33.7 Å². The van der Waals surface area contributed by atoms with E-state index in [-0.39, 0.29) is 31.7 Å². The second kappa shape index (κ2) is 10.7. The fourth-order valence-electron chi connectivity index (χ4n) is 4.48. The Labute approximate surface area is 209 Å². The summed E-state index contributed by atoms with van der Waals surface area (Å²) in [5.74, 6) is -3.58. The van der Waals surface area contributed by atoms with Crippen molar-refractivity contribution in [3.63, 3.8) is 0 Å². The second-order valence-electron chi connectivity index (χ2n) is 10.3. The topological polar surface area (TPSA) is 121 Å². The van der Waals surface area contributed by atoms with Crippen LogP contribution in [0.4, 0.5) is 4.39 Å². The SMILES string of the molecule is CC(=Cc1csc(C)n1)[C@@H]1C[C@@H]2O[C@]2(F)CCO[C@@H](C)[C@@H](O)[C@@H](C)C(=O)C(C)(C)[C@@H](O)CC(=O)N1. The average Bonchev–Trinajstić information content (AvgIpc) is 3.22. The molecular formula is C25H37FN2O6S. The van der Waals surface area contributed by atoms with Crippen molar-refractivity contribution in [2.45, 2.75) is 97.1 Å². The van der Waals surface area contributed by atoms with Gasteiger partial charge in [-0.3, -0.25) is 9.59 Å². The van der Waals surface area contributed by atoms with Crippen molar-refractivity contribution in [2.24, 2.45) is 11.3 Å². The molecule has 0 bridgehead atoms. The second-order valence-corrected chi connectivity index (χ2v) is 11.4. The van der Waals surface area contributed by atoms with Gasteiger partial charge in [0.1, 0.15) is 11.9 Å². The normalized spacial score (nSPS) is 37.5. The number of aromatic nitrogens is 1. The van der Waals surface area contributed by atoms with Crippen LogP contribution in [0.5, 0.6) is 0 Å². The van der Waals surface area contributed by atoms with E-state index in [0.717, 1.165) is 16.3 Å². The fraction of sp³-hybridized carbons (Fsp3) is 0.720. The van der Waals surface area contributed by atoms with Crippen molar-refractivity contribution >= 4 is 29.1 Å². The van der Waals surface area contributed by atoms with Crippen LogP contribution in [0.1, 0.15) is 64.6 Å². The van der Waals surface area contributed by atoms with Crippen LogP contribution in [0, 0.1) is 18.3 Å². The summed E-state index contributed by atoms with van der Waals surface area (Å²) in [4.78, 5) is 30.5. The van der Waals surface area contributed by atoms with Crippen LogP contribution in [0.15, 0.2) is 11.0 Å². The van der Waals surface area contributed by atoms with Crippen molar-refractivity contribution in [1.82, 2.24) is 10.3 Å². The number of alkyl halides is 1. The number of aryl methyl sites for hydroxylation is 1. The van der Waals surface area contributed by atoms with Crippen molar-refractivity contribution in [1.29, 1.82) is 0 Å². The third kappa shape index (κ3) is 6.54. The maximum absolute atomic E-state index is 15.1. The number of aliphatic hydroxyl groups is 2. The molecule has 2 aliphatic heterocycles. The molecule has 0 aliphatic carbocycles. The van der Waals surface area contributed by atoms with Gasteiger partial charge in [0.15, 0.2) is 0 Å². The first-order valence-electron chi connectivity index (χ1n) is 12.0. The Morgan fingerprint density at radius 2 is 2.00 bits per heavy atom. The van der Waals surface area contributed by atoms with Gasteiger partial charge in [0.05, 0.1) is 53.5 Å². The van der Waals surface area contributed by atoms with Gasteiger partial charge < -0.3 is 25.0 Å². The molecule has 7 atom stereocenters. The first kappa shape index (κ1) is 27.9.